The minimum Gasteiger partial charge on any atom is -0.393 e. The summed E-state index contributed by atoms with van der Waals surface area (Å²) in [4.78, 5) is 4.12. The number of aryl methyl sites for hydroxylation is 1. The van der Waals surface area contributed by atoms with Crippen LogP contribution < -0.4 is 5.73 Å². The first-order valence-corrected chi connectivity index (χ1v) is 4.70. The van der Waals surface area contributed by atoms with Crippen LogP contribution in [0.5, 0.6) is 0 Å². The molecule has 0 amide bonds. The van der Waals surface area contributed by atoms with Gasteiger partial charge in [0.15, 0.2) is 0 Å². The maximum atomic E-state index is 9.62. The van der Waals surface area contributed by atoms with E-state index >= 15 is 0 Å². The number of nitrogens with zero attached hydrogens (tertiary/aromatic N) is 3. The monoisotopic (exact) mass is 198 g/mol. The Hall–Kier alpha value is -0.940. The van der Waals surface area contributed by atoms with Crippen molar-refractivity contribution in [2.24, 2.45) is 18.2 Å². The Bertz CT molecular complexity index is 297. The zero-order chi connectivity index (χ0) is 10.8. The van der Waals surface area contributed by atoms with Gasteiger partial charge in [-0.1, -0.05) is 6.92 Å². The average Bonchev–Trinajstić information content (AvgIpc) is 2.51. The molecule has 0 aliphatic rings. The predicted molar refractivity (Wildman–Crippen MR) is 53.5 cm³/mol. The number of aliphatic hydroxyl groups is 1. The average molecular weight is 198 g/mol. The highest BCUT2D eigenvalue weighted by atomic mass is 16.3. The molecule has 0 radical (unpaired) electrons. The van der Waals surface area contributed by atoms with Crippen LogP contribution in [-0.2, 0) is 13.5 Å². The molecule has 1 heterocycles. The summed E-state index contributed by atoms with van der Waals surface area (Å²) < 4.78 is 1.70. The molecule has 1 aromatic heterocycles. The molecular weight excluding hydrogens is 180 g/mol. The normalized spacial score (nSPS) is 17.8. The van der Waals surface area contributed by atoms with Crippen LogP contribution in [0.4, 0.5) is 0 Å². The Labute approximate surface area is 83.9 Å². The molecular formula is C9H18N4O. The summed E-state index contributed by atoms with van der Waals surface area (Å²) in [5, 5.41) is 13.6. The lowest BCUT2D eigenvalue weighted by Gasteiger charge is -2.30. The summed E-state index contributed by atoms with van der Waals surface area (Å²) in [7, 11) is 1.83. The molecule has 1 aromatic rings. The highest BCUT2D eigenvalue weighted by molar-refractivity contribution is 4.94. The number of hydrogen-bond acceptors (Lipinski definition) is 4. The first-order valence-electron chi connectivity index (χ1n) is 4.70. The lowest BCUT2D eigenvalue weighted by Crippen LogP contribution is -2.40. The van der Waals surface area contributed by atoms with E-state index in [-0.39, 0.29) is 5.41 Å². The minimum atomic E-state index is -0.454. The Morgan fingerprint density at radius 2 is 2.36 bits per heavy atom. The first-order chi connectivity index (χ1) is 6.49. The van der Waals surface area contributed by atoms with Crippen LogP contribution >= 0.6 is 0 Å². The lowest BCUT2D eigenvalue weighted by molar-refractivity contribution is 0.0567. The number of rotatable bonds is 4. The molecule has 0 saturated carbocycles. The van der Waals surface area contributed by atoms with Gasteiger partial charge in [-0.3, -0.25) is 4.68 Å². The molecule has 2 atom stereocenters. The standard InChI is InChI=1S/C9H18N4O/c1-7(14)9(2,5-10)4-8-11-6-12-13(8)3/h6-7,14H,4-5,10H2,1-3H3. The van der Waals surface area contributed by atoms with Crippen molar-refractivity contribution < 1.29 is 5.11 Å². The van der Waals surface area contributed by atoms with Crippen molar-refractivity contribution in [1.29, 1.82) is 0 Å². The van der Waals surface area contributed by atoms with Crippen molar-refractivity contribution in [2.75, 3.05) is 6.54 Å². The Balaban J connectivity index is 2.80. The van der Waals surface area contributed by atoms with Gasteiger partial charge in [-0.05, 0) is 6.92 Å². The Morgan fingerprint density at radius 1 is 1.71 bits per heavy atom. The zero-order valence-corrected chi connectivity index (χ0v) is 8.94. The van der Waals surface area contributed by atoms with Crippen molar-refractivity contribution in [3.63, 3.8) is 0 Å². The molecule has 80 valence electrons. The van der Waals surface area contributed by atoms with Gasteiger partial charge in [0.1, 0.15) is 12.2 Å². The second-order valence-electron chi connectivity index (χ2n) is 4.01. The van der Waals surface area contributed by atoms with E-state index < -0.39 is 6.10 Å². The molecule has 0 aliphatic heterocycles. The van der Waals surface area contributed by atoms with Crippen LogP contribution in [0.15, 0.2) is 6.33 Å². The number of aliphatic hydroxyl groups excluding tert-OH is 1. The highest BCUT2D eigenvalue weighted by Gasteiger charge is 2.30. The van der Waals surface area contributed by atoms with Crippen molar-refractivity contribution in [3.05, 3.63) is 12.2 Å². The third-order valence-electron chi connectivity index (χ3n) is 2.84. The van der Waals surface area contributed by atoms with E-state index in [0.29, 0.717) is 13.0 Å². The van der Waals surface area contributed by atoms with Gasteiger partial charge in [0.25, 0.3) is 0 Å². The molecule has 2 unspecified atom stereocenters. The van der Waals surface area contributed by atoms with Crippen LogP contribution in [0.2, 0.25) is 0 Å². The predicted octanol–water partition coefficient (Wildman–Crippen LogP) is -0.297. The van der Waals surface area contributed by atoms with Crippen molar-refractivity contribution in [2.45, 2.75) is 26.4 Å². The van der Waals surface area contributed by atoms with Crippen LogP contribution in [0, 0.1) is 5.41 Å². The molecule has 0 aliphatic carbocycles. The summed E-state index contributed by atoms with van der Waals surface area (Å²) in [6.45, 7) is 4.13. The fraction of sp³-hybridized carbons (Fsp3) is 0.778. The van der Waals surface area contributed by atoms with Crippen LogP contribution in [-0.4, -0.2) is 32.5 Å². The van der Waals surface area contributed by atoms with E-state index in [1.807, 2.05) is 14.0 Å². The summed E-state index contributed by atoms with van der Waals surface area (Å²) in [6, 6.07) is 0. The van der Waals surface area contributed by atoms with E-state index in [4.69, 9.17) is 5.73 Å². The fourth-order valence-corrected chi connectivity index (χ4v) is 1.23. The van der Waals surface area contributed by atoms with E-state index in [9.17, 15) is 5.11 Å². The van der Waals surface area contributed by atoms with Gasteiger partial charge in [-0.15, -0.1) is 0 Å². The molecule has 3 N–H and O–H groups in total. The third kappa shape index (κ3) is 2.10. The number of aromatic nitrogens is 3. The Morgan fingerprint density at radius 3 is 2.71 bits per heavy atom. The zero-order valence-electron chi connectivity index (χ0n) is 8.94. The maximum Gasteiger partial charge on any atom is 0.138 e. The van der Waals surface area contributed by atoms with Gasteiger partial charge in [0.2, 0.25) is 0 Å². The van der Waals surface area contributed by atoms with Gasteiger partial charge in [-0.25, -0.2) is 4.98 Å². The molecule has 14 heavy (non-hydrogen) atoms. The molecule has 0 aromatic carbocycles. The number of nitrogens with two attached hydrogens (primary N) is 1. The van der Waals surface area contributed by atoms with E-state index in [0.717, 1.165) is 5.82 Å². The van der Waals surface area contributed by atoms with Gasteiger partial charge in [-0.2, -0.15) is 5.10 Å². The lowest BCUT2D eigenvalue weighted by atomic mass is 9.81. The van der Waals surface area contributed by atoms with Gasteiger partial charge in [0, 0.05) is 25.4 Å². The molecule has 0 saturated heterocycles. The van der Waals surface area contributed by atoms with Crippen molar-refractivity contribution >= 4 is 0 Å². The molecule has 0 spiro atoms. The third-order valence-corrected chi connectivity index (χ3v) is 2.84. The van der Waals surface area contributed by atoms with E-state index in [1.54, 1.807) is 11.6 Å². The maximum absolute atomic E-state index is 9.62. The first kappa shape index (κ1) is 11.1. The van der Waals surface area contributed by atoms with Crippen LogP contribution in [0.3, 0.4) is 0 Å². The second-order valence-corrected chi connectivity index (χ2v) is 4.01. The van der Waals surface area contributed by atoms with E-state index in [2.05, 4.69) is 10.1 Å². The van der Waals surface area contributed by atoms with Crippen LogP contribution in [0.1, 0.15) is 19.7 Å². The Kier molecular flexibility index (Phi) is 3.23. The molecule has 5 heteroatoms. The van der Waals surface area contributed by atoms with Gasteiger partial charge < -0.3 is 10.8 Å². The molecule has 0 fully saturated rings. The largest absolute Gasteiger partial charge is 0.393 e. The molecule has 1 rings (SSSR count). The van der Waals surface area contributed by atoms with E-state index in [1.165, 1.54) is 6.33 Å². The molecule has 0 bridgehead atoms. The SMILES string of the molecule is CC(O)C(C)(CN)Cc1ncnn1C. The summed E-state index contributed by atoms with van der Waals surface area (Å²) >= 11 is 0. The number of hydrogen-bond donors (Lipinski definition) is 2. The smallest absolute Gasteiger partial charge is 0.138 e. The minimum absolute atomic E-state index is 0.333. The fourth-order valence-electron chi connectivity index (χ4n) is 1.23. The second kappa shape index (κ2) is 4.06. The summed E-state index contributed by atoms with van der Waals surface area (Å²) in [5.41, 5.74) is 5.32. The van der Waals surface area contributed by atoms with Crippen molar-refractivity contribution in [1.82, 2.24) is 14.8 Å². The van der Waals surface area contributed by atoms with Gasteiger partial charge in [0.05, 0.1) is 6.10 Å². The quantitative estimate of drug-likeness (QED) is 0.696. The van der Waals surface area contributed by atoms with Gasteiger partial charge >= 0.3 is 0 Å². The molecule has 5 nitrogen and oxygen atoms in total. The van der Waals surface area contributed by atoms with Crippen LogP contribution in [0.25, 0.3) is 0 Å². The topological polar surface area (TPSA) is 77.0 Å². The summed E-state index contributed by atoms with van der Waals surface area (Å²) in [5.74, 6) is 0.846. The van der Waals surface area contributed by atoms with Crippen molar-refractivity contribution in [3.8, 4) is 0 Å². The highest BCUT2D eigenvalue weighted by Crippen LogP contribution is 2.24. The summed E-state index contributed by atoms with van der Waals surface area (Å²) in [6.07, 6.45) is 1.69.